The van der Waals surface area contributed by atoms with Crippen molar-refractivity contribution in [2.24, 2.45) is 0 Å². The molecule has 31 heavy (non-hydrogen) atoms. The van der Waals surface area contributed by atoms with Crippen molar-refractivity contribution in [3.8, 4) is 11.8 Å². The summed E-state index contributed by atoms with van der Waals surface area (Å²) in [6.07, 6.45) is 2.35. The first-order valence-corrected chi connectivity index (χ1v) is 11.2. The number of carboxylic acids is 1. The zero-order valence-corrected chi connectivity index (χ0v) is 18.1. The molecular weight excluding hydrogens is 440 g/mol. The molecule has 2 N–H and O–H groups in total. The Morgan fingerprint density at radius 1 is 1.16 bits per heavy atom. The van der Waals surface area contributed by atoms with E-state index in [0.29, 0.717) is 34.3 Å². The molecule has 0 aliphatic rings. The predicted octanol–water partition coefficient (Wildman–Crippen LogP) is 4.36. The minimum Gasteiger partial charge on any atom is -0.481 e. The van der Waals surface area contributed by atoms with Crippen molar-refractivity contribution >= 4 is 50.1 Å². The number of anilines is 1. The van der Waals surface area contributed by atoms with Gasteiger partial charge in [-0.1, -0.05) is 23.4 Å². The van der Waals surface area contributed by atoms with Crippen LogP contribution >= 0.6 is 11.6 Å². The summed E-state index contributed by atoms with van der Waals surface area (Å²) in [5.41, 5.74) is 1.26. The topological polar surface area (TPSA) is 105 Å². The molecule has 0 aliphatic carbocycles. The van der Waals surface area contributed by atoms with Crippen LogP contribution in [0.5, 0.6) is 0 Å². The maximum Gasteiger partial charge on any atom is 0.303 e. The standard InChI is InChI=1S/C22H19ClN2O5S/c1-15(26)25-12-11-17-14-19(8-10-21(17)25)31(29,30)24-20-9-7-18(23)13-16(20)5-3-2-4-6-22(27)28/h7-14,24H,2,4,6H2,1H3,(H,27,28). The molecule has 0 saturated carbocycles. The van der Waals surface area contributed by atoms with Gasteiger partial charge in [0.2, 0.25) is 5.91 Å². The van der Waals surface area contributed by atoms with Crippen molar-refractivity contribution in [2.45, 2.75) is 31.1 Å². The van der Waals surface area contributed by atoms with Gasteiger partial charge in [-0.25, -0.2) is 8.42 Å². The van der Waals surface area contributed by atoms with Crippen LogP contribution < -0.4 is 4.72 Å². The largest absolute Gasteiger partial charge is 0.481 e. The fraction of sp³-hybridized carbons (Fsp3) is 0.182. The second kappa shape index (κ2) is 9.25. The molecule has 1 heterocycles. The van der Waals surface area contributed by atoms with Gasteiger partial charge in [0.15, 0.2) is 0 Å². The highest BCUT2D eigenvalue weighted by Crippen LogP contribution is 2.25. The zero-order valence-electron chi connectivity index (χ0n) is 16.6. The van der Waals surface area contributed by atoms with Crippen molar-refractivity contribution < 1.29 is 23.1 Å². The van der Waals surface area contributed by atoms with Gasteiger partial charge in [-0.05, 0) is 48.9 Å². The Balaban J connectivity index is 1.87. The molecular formula is C22H19ClN2O5S. The molecule has 2 aromatic carbocycles. The summed E-state index contributed by atoms with van der Waals surface area (Å²) < 4.78 is 29.9. The van der Waals surface area contributed by atoms with E-state index in [2.05, 4.69) is 16.6 Å². The fourth-order valence-corrected chi connectivity index (χ4v) is 4.25. The Morgan fingerprint density at radius 3 is 2.65 bits per heavy atom. The predicted molar refractivity (Wildman–Crippen MR) is 119 cm³/mol. The second-order valence-corrected chi connectivity index (χ2v) is 8.89. The maximum absolute atomic E-state index is 12.9. The summed E-state index contributed by atoms with van der Waals surface area (Å²) >= 11 is 6.03. The summed E-state index contributed by atoms with van der Waals surface area (Å²) in [6.45, 7) is 1.43. The molecule has 3 rings (SSSR count). The van der Waals surface area contributed by atoms with Gasteiger partial charge in [0, 0.05) is 36.4 Å². The molecule has 0 bridgehead atoms. The van der Waals surface area contributed by atoms with Gasteiger partial charge in [-0.3, -0.25) is 18.9 Å². The molecule has 0 atom stereocenters. The molecule has 0 radical (unpaired) electrons. The van der Waals surface area contributed by atoms with Gasteiger partial charge in [-0.15, -0.1) is 0 Å². The number of fused-ring (bicyclic) bond motifs is 1. The number of rotatable bonds is 6. The number of carboxylic acid groups (broad SMARTS) is 1. The average molecular weight is 459 g/mol. The van der Waals surface area contributed by atoms with E-state index < -0.39 is 16.0 Å². The van der Waals surface area contributed by atoms with Crippen LogP contribution in [0.4, 0.5) is 5.69 Å². The number of hydrogen-bond acceptors (Lipinski definition) is 4. The normalized spacial score (nSPS) is 11.0. The van der Waals surface area contributed by atoms with Crippen LogP contribution in [0.2, 0.25) is 5.02 Å². The summed E-state index contributed by atoms with van der Waals surface area (Å²) in [5, 5.41) is 9.69. The lowest BCUT2D eigenvalue weighted by Gasteiger charge is -2.11. The lowest BCUT2D eigenvalue weighted by atomic mass is 10.1. The number of halogens is 1. The molecule has 0 unspecified atom stereocenters. The highest BCUT2D eigenvalue weighted by Gasteiger charge is 2.17. The SMILES string of the molecule is CC(=O)n1ccc2cc(S(=O)(=O)Nc3ccc(Cl)cc3C#CCCCC(=O)O)ccc21. The van der Waals surface area contributed by atoms with Crippen molar-refractivity contribution in [1.29, 1.82) is 0 Å². The number of sulfonamides is 1. The van der Waals surface area contributed by atoms with Gasteiger partial charge >= 0.3 is 5.97 Å². The monoisotopic (exact) mass is 458 g/mol. The third-order valence-corrected chi connectivity index (χ3v) is 6.05. The van der Waals surface area contributed by atoms with E-state index in [1.54, 1.807) is 30.5 Å². The highest BCUT2D eigenvalue weighted by molar-refractivity contribution is 7.92. The van der Waals surface area contributed by atoms with Crippen molar-refractivity contribution in [3.05, 3.63) is 59.2 Å². The number of nitrogens with one attached hydrogen (secondary N) is 1. The lowest BCUT2D eigenvalue weighted by Crippen LogP contribution is -2.14. The Morgan fingerprint density at radius 2 is 1.94 bits per heavy atom. The number of unbranched alkanes of at least 4 members (excludes halogenated alkanes) is 1. The first-order valence-electron chi connectivity index (χ1n) is 9.32. The van der Waals surface area contributed by atoms with Crippen molar-refractivity contribution in [1.82, 2.24) is 4.57 Å². The summed E-state index contributed by atoms with van der Waals surface area (Å²) in [6, 6.07) is 10.8. The van der Waals surface area contributed by atoms with E-state index in [9.17, 15) is 18.0 Å². The van der Waals surface area contributed by atoms with E-state index in [1.807, 2.05) is 0 Å². The van der Waals surface area contributed by atoms with E-state index in [0.717, 1.165) is 0 Å². The number of nitrogens with zero attached hydrogens (tertiary/aromatic N) is 1. The molecule has 160 valence electrons. The molecule has 0 spiro atoms. The Labute approximate surface area is 184 Å². The number of benzene rings is 2. The number of carbonyl (C=O) groups is 2. The van der Waals surface area contributed by atoms with Crippen molar-refractivity contribution in [3.63, 3.8) is 0 Å². The minimum atomic E-state index is -3.93. The average Bonchev–Trinajstić information content (AvgIpc) is 3.13. The minimum absolute atomic E-state index is 0.0115. The molecule has 0 amide bonds. The van der Waals surface area contributed by atoms with Gasteiger partial charge < -0.3 is 5.11 Å². The molecule has 9 heteroatoms. The van der Waals surface area contributed by atoms with Gasteiger partial charge in [0.05, 0.1) is 21.7 Å². The van der Waals surface area contributed by atoms with E-state index in [4.69, 9.17) is 16.7 Å². The molecule has 3 aromatic rings. The Bertz CT molecular complexity index is 1330. The smallest absolute Gasteiger partial charge is 0.303 e. The van der Waals surface area contributed by atoms with Crippen LogP contribution in [0, 0.1) is 11.8 Å². The summed E-state index contributed by atoms with van der Waals surface area (Å²) in [7, 11) is -3.93. The van der Waals surface area contributed by atoms with Gasteiger partial charge in [-0.2, -0.15) is 0 Å². The molecule has 0 aliphatic heterocycles. The van der Waals surface area contributed by atoms with Crippen LogP contribution in [-0.2, 0) is 14.8 Å². The second-order valence-electron chi connectivity index (χ2n) is 6.77. The summed E-state index contributed by atoms with van der Waals surface area (Å²) in [4.78, 5) is 22.3. The lowest BCUT2D eigenvalue weighted by molar-refractivity contribution is -0.137. The zero-order chi connectivity index (χ0) is 22.6. The highest BCUT2D eigenvalue weighted by atomic mass is 35.5. The van der Waals surface area contributed by atoms with Crippen LogP contribution in [0.15, 0.2) is 53.6 Å². The van der Waals surface area contributed by atoms with Crippen LogP contribution in [0.25, 0.3) is 10.9 Å². The fourth-order valence-electron chi connectivity index (χ4n) is 2.96. The van der Waals surface area contributed by atoms with Crippen molar-refractivity contribution in [2.75, 3.05) is 4.72 Å². The molecule has 0 saturated heterocycles. The van der Waals surface area contributed by atoms with Crippen LogP contribution in [-0.4, -0.2) is 30.0 Å². The summed E-state index contributed by atoms with van der Waals surface area (Å²) in [5.74, 6) is 4.63. The van der Waals surface area contributed by atoms with Crippen LogP contribution in [0.1, 0.15) is 36.5 Å². The third kappa shape index (κ3) is 5.45. The quantitative estimate of drug-likeness (QED) is 0.421. The molecule has 1 aromatic heterocycles. The van der Waals surface area contributed by atoms with Gasteiger partial charge in [0.25, 0.3) is 10.0 Å². The van der Waals surface area contributed by atoms with E-state index in [1.165, 1.54) is 29.7 Å². The number of aromatic nitrogens is 1. The van der Waals surface area contributed by atoms with E-state index >= 15 is 0 Å². The molecule has 7 nitrogen and oxygen atoms in total. The maximum atomic E-state index is 12.9. The molecule has 0 fully saturated rings. The van der Waals surface area contributed by atoms with Gasteiger partial charge in [0.1, 0.15) is 0 Å². The number of aliphatic carboxylic acids is 1. The number of carbonyl (C=O) groups excluding carboxylic acids is 1. The Kier molecular flexibility index (Phi) is 6.68. The van der Waals surface area contributed by atoms with Crippen LogP contribution in [0.3, 0.4) is 0 Å². The third-order valence-electron chi connectivity index (χ3n) is 4.45. The first kappa shape index (κ1) is 22.4. The van der Waals surface area contributed by atoms with E-state index in [-0.39, 0.29) is 22.9 Å². The Hall–Kier alpha value is -3.28. The first-order chi connectivity index (χ1) is 14.7. The number of hydrogen-bond donors (Lipinski definition) is 2.